The Kier molecular flexibility index (Phi) is 4.82. The zero-order chi connectivity index (χ0) is 16.4. The molecule has 0 aliphatic rings. The van der Waals surface area contributed by atoms with Gasteiger partial charge in [0.25, 0.3) is 5.88 Å². The van der Waals surface area contributed by atoms with Crippen LogP contribution in [0.25, 0.3) is 0 Å². The minimum absolute atomic E-state index is 0.323. The van der Waals surface area contributed by atoms with Crippen LogP contribution in [0.2, 0.25) is 0 Å². The first-order valence-electron chi connectivity index (χ1n) is 6.00. The van der Waals surface area contributed by atoms with Gasteiger partial charge in [0.2, 0.25) is 5.78 Å². The SMILES string of the molecule is COc1nc(C(=O)CF)c(N(C(=O)O)C(C)(C)C)cc1F. The number of carboxylic acid groups (broad SMARTS) is 1. The number of pyridine rings is 1. The van der Waals surface area contributed by atoms with Crippen LogP contribution in [-0.4, -0.2) is 41.3 Å². The van der Waals surface area contributed by atoms with Crippen molar-refractivity contribution in [2.75, 3.05) is 18.7 Å². The normalized spacial score (nSPS) is 11.1. The molecule has 0 radical (unpaired) electrons. The summed E-state index contributed by atoms with van der Waals surface area (Å²) in [6.07, 6.45) is -1.42. The molecule has 1 rings (SSSR count). The average molecular weight is 302 g/mol. The van der Waals surface area contributed by atoms with Gasteiger partial charge in [-0.3, -0.25) is 9.69 Å². The molecule has 0 bridgehead atoms. The second-order valence-corrected chi connectivity index (χ2v) is 5.19. The highest BCUT2D eigenvalue weighted by atomic mass is 19.1. The fraction of sp³-hybridized carbons (Fsp3) is 0.462. The number of amides is 1. The van der Waals surface area contributed by atoms with E-state index in [1.807, 2.05) is 0 Å². The van der Waals surface area contributed by atoms with Gasteiger partial charge in [-0.05, 0) is 20.8 Å². The number of Topliss-reactive ketones (excluding diaryl/α,β-unsaturated/α-hetero) is 1. The maximum Gasteiger partial charge on any atom is 0.412 e. The zero-order valence-corrected chi connectivity index (χ0v) is 12.1. The standard InChI is InChI=1S/C13H16F2N2O4/c1-13(2,3)17(12(19)20)8-5-7(15)11(21-4)16-10(8)9(18)6-14/h5H,6H2,1-4H3,(H,19,20). The third-order valence-electron chi connectivity index (χ3n) is 2.61. The summed E-state index contributed by atoms with van der Waals surface area (Å²) >= 11 is 0. The van der Waals surface area contributed by atoms with Gasteiger partial charge in [0, 0.05) is 11.6 Å². The number of nitrogens with zero attached hydrogens (tertiary/aromatic N) is 2. The highest BCUT2D eigenvalue weighted by Crippen LogP contribution is 2.31. The Morgan fingerprint density at radius 3 is 2.38 bits per heavy atom. The van der Waals surface area contributed by atoms with Gasteiger partial charge in [0.05, 0.1) is 12.8 Å². The number of carbonyl (C=O) groups is 2. The third-order valence-corrected chi connectivity index (χ3v) is 2.61. The number of aromatic nitrogens is 1. The van der Waals surface area contributed by atoms with Crippen LogP contribution in [0.3, 0.4) is 0 Å². The topological polar surface area (TPSA) is 79.7 Å². The molecule has 0 spiro atoms. The van der Waals surface area contributed by atoms with Crippen molar-refractivity contribution in [3.05, 3.63) is 17.6 Å². The first kappa shape index (κ1) is 16.8. The summed E-state index contributed by atoms with van der Waals surface area (Å²) in [5.74, 6) is -2.51. The first-order chi connectivity index (χ1) is 9.63. The lowest BCUT2D eigenvalue weighted by Gasteiger charge is -2.33. The van der Waals surface area contributed by atoms with E-state index < -0.39 is 41.5 Å². The molecule has 0 aliphatic carbocycles. The van der Waals surface area contributed by atoms with Crippen LogP contribution < -0.4 is 9.64 Å². The summed E-state index contributed by atoms with van der Waals surface area (Å²) in [5, 5.41) is 9.30. The second-order valence-electron chi connectivity index (χ2n) is 5.19. The van der Waals surface area contributed by atoms with Crippen molar-refractivity contribution < 1.29 is 28.2 Å². The highest BCUT2D eigenvalue weighted by molar-refractivity contribution is 6.04. The predicted molar refractivity (Wildman–Crippen MR) is 71.3 cm³/mol. The summed E-state index contributed by atoms with van der Waals surface area (Å²) in [6, 6.07) is 0.800. The Balaban J connectivity index is 3.62. The van der Waals surface area contributed by atoms with E-state index in [0.29, 0.717) is 0 Å². The molecule has 21 heavy (non-hydrogen) atoms. The number of methoxy groups -OCH3 is 1. The molecule has 0 unspecified atom stereocenters. The van der Waals surface area contributed by atoms with Crippen LogP contribution in [0.4, 0.5) is 19.3 Å². The number of carbonyl (C=O) groups excluding carboxylic acids is 1. The van der Waals surface area contributed by atoms with Crippen LogP contribution in [0, 0.1) is 5.82 Å². The monoisotopic (exact) mass is 302 g/mol. The summed E-state index contributed by atoms with van der Waals surface area (Å²) in [7, 11) is 1.13. The van der Waals surface area contributed by atoms with Gasteiger partial charge >= 0.3 is 6.09 Å². The molecule has 1 aromatic rings. The van der Waals surface area contributed by atoms with Crippen molar-refractivity contribution in [3.8, 4) is 5.88 Å². The van der Waals surface area contributed by atoms with Crippen molar-refractivity contribution in [1.82, 2.24) is 4.98 Å². The summed E-state index contributed by atoms with van der Waals surface area (Å²) < 4.78 is 31.1. The Hall–Kier alpha value is -2.25. The van der Waals surface area contributed by atoms with Crippen molar-refractivity contribution in [3.63, 3.8) is 0 Å². The molecule has 0 aliphatic heterocycles. The lowest BCUT2D eigenvalue weighted by atomic mass is 10.0. The molecule has 0 aromatic carbocycles. The number of alkyl halides is 1. The van der Waals surface area contributed by atoms with E-state index in [1.54, 1.807) is 20.8 Å². The van der Waals surface area contributed by atoms with Gasteiger partial charge < -0.3 is 9.84 Å². The molecule has 0 saturated heterocycles. The van der Waals surface area contributed by atoms with Crippen LogP contribution in [0.5, 0.6) is 5.88 Å². The molecular weight excluding hydrogens is 286 g/mol. The Bertz CT molecular complexity index is 570. The molecule has 1 N–H and O–H groups in total. The van der Waals surface area contributed by atoms with Crippen LogP contribution in [0.15, 0.2) is 6.07 Å². The minimum atomic E-state index is -1.42. The predicted octanol–water partition coefficient (Wildman–Crippen LogP) is 2.66. The van der Waals surface area contributed by atoms with Crippen molar-refractivity contribution >= 4 is 17.6 Å². The van der Waals surface area contributed by atoms with Crippen molar-refractivity contribution in [2.24, 2.45) is 0 Å². The van der Waals surface area contributed by atoms with Gasteiger partial charge in [-0.15, -0.1) is 0 Å². The Labute approximate surface area is 120 Å². The Morgan fingerprint density at radius 1 is 1.43 bits per heavy atom. The van der Waals surface area contributed by atoms with Crippen molar-refractivity contribution in [2.45, 2.75) is 26.3 Å². The lowest BCUT2D eigenvalue weighted by molar-refractivity contribution is 0.0953. The number of ketones is 1. The summed E-state index contributed by atoms with van der Waals surface area (Å²) in [6.45, 7) is 3.26. The molecule has 116 valence electrons. The minimum Gasteiger partial charge on any atom is -0.479 e. The fourth-order valence-electron chi connectivity index (χ4n) is 1.80. The summed E-state index contributed by atoms with van der Waals surface area (Å²) in [4.78, 5) is 27.4. The number of ether oxygens (including phenoxy) is 1. The van der Waals surface area contributed by atoms with Gasteiger partial charge in [-0.25, -0.2) is 18.6 Å². The third kappa shape index (κ3) is 3.45. The van der Waals surface area contributed by atoms with Gasteiger partial charge in [0.1, 0.15) is 5.69 Å². The molecular formula is C13H16F2N2O4. The molecule has 0 fully saturated rings. The number of rotatable bonds is 4. The van der Waals surface area contributed by atoms with E-state index in [2.05, 4.69) is 9.72 Å². The molecule has 1 aromatic heterocycles. The average Bonchev–Trinajstić information content (AvgIpc) is 2.36. The first-order valence-corrected chi connectivity index (χ1v) is 6.00. The molecule has 8 heteroatoms. The Morgan fingerprint density at radius 2 is 2.00 bits per heavy atom. The van der Waals surface area contributed by atoms with Gasteiger partial charge in [-0.2, -0.15) is 0 Å². The van der Waals surface area contributed by atoms with Crippen LogP contribution in [0.1, 0.15) is 31.3 Å². The maximum absolute atomic E-state index is 13.8. The van der Waals surface area contributed by atoms with E-state index in [9.17, 15) is 23.5 Å². The quantitative estimate of drug-likeness (QED) is 0.865. The van der Waals surface area contributed by atoms with Crippen LogP contribution >= 0.6 is 0 Å². The number of anilines is 1. The van der Waals surface area contributed by atoms with E-state index in [0.717, 1.165) is 18.1 Å². The molecule has 0 saturated carbocycles. The number of hydrogen-bond acceptors (Lipinski definition) is 4. The van der Waals surface area contributed by atoms with Crippen LogP contribution in [-0.2, 0) is 0 Å². The van der Waals surface area contributed by atoms with Crippen molar-refractivity contribution in [1.29, 1.82) is 0 Å². The molecule has 1 amide bonds. The summed E-state index contributed by atoms with van der Waals surface area (Å²) in [5.41, 5.74) is -1.80. The molecule has 6 nitrogen and oxygen atoms in total. The van der Waals surface area contributed by atoms with E-state index in [-0.39, 0.29) is 5.69 Å². The highest BCUT2D eigenvalue weighted by Gasteiger charge is 2.33. The second kappa shape index (κ2) is 6.02. The van der Waals surface area contributed by atoms with Gasteiger partial charge in [0.15, 0.2) is 12.5 Å². The maximum atomic E-state index is 13.8. The lowest BCUT2D eigenvalue weighted by Crippen LogP contribution is -2.46. The largest absolute Gasteiger partial charge is 0.479 e. The number of hydrogen-bond donors (Lipinski definition) is 1. The number of halogens is 2. The van der Waals surface area contributed by atoms with Gasteiger partial charge in [-0.1, -0.05) is 0 Å². The zero-order valence-electron chi connectivity index (χ0n) is 12.1. The molecule has 0 atom stereocenters. The molecule has 1 heterocycles. The smallest absolute Gasteiger partial charge is 0.412 e. The fourth-order valence-corrected chi connectivity index (χ4v) is 1.80. The van der Waals surface area contributed by atoms with E-state index in [4.69, 9.17) is 0 Å². The van der Waals surface area contributed by atoms with E-state index >= 15 is 0 Å². The van der Waals surface area contributed by atoms with E-state index in [1.165, 1.54) is 0 Å².